The molecule has 170 valence electrons. The van der Waals surface area contributed by atoms with E-state index in [4.69, 9.17) is 9.84 Å². The molecule has 3 aromatic rings. The molecule has 1 aromatic carbocycles. The van der Waals surface area contributed by atoms with E-state index in [1.54, 1.807) is 0 Å². The molecule has 1 saturated heterocycles. The molecule has 13 heteroatoms. The number of benzene rings is 1. The van der Waals surface area contributed by atoms with Crippen LogP contribution in [-0.4, -0.2) is 78.8 Å². The Morgan fingerprint density at radius 2 is 1.94 bits per heavy atom. The fraction of sp³-hybridized carbons (Fsp3) is 0.368. The Hall–Kier alpha value is -3.45. The monoisotopic (exact) mass is 461 g/mol. The van der Waals surface area contributed by atoms with Crippen LogP contribution in [0.1, 0.15) is 6.42 Å². The van der Waals surface area contributed by atoms with Crippen molar-refractivity contribution in [3.05, 3.63) is 24.3 Å². The Balaban J connectivity index is 1.61. The number of carboxylic acid groups (broad SMARTS) is 1. The van der Waals surface area contributed by atoms with E-state index in [0.29, 0.717) is 13.2 Å². The van der Waals surface area contributed by atoms with Crippen LogP contribution in [-0.2, 0) is 19.4 Å². The van der Waals surface area contributed by atoms with Crippen molar-refractivity contribution in [3.63, 3.8) is 0 Å². The minimum absolute atomic E-state index is 0.0590. The van der Waals surface area contributed by atoms with Gasteiger partial charge >= 0.3 is 5.97 Å². The lowest BCUT2D eigenvalue weighted by molar-refractivity contribution is -0.136. The summed E-state index contributed by atoms with van der Waals surface area (Å²) in [6, 6.07) is 7.74. The number of aromatic nitrogens is 4. The maximum atomic E-state index is 12.1. The summed E-state index contributed by atoms with van der Waals surface area (Å²) >= 11 is 0. The summed E-state index contributed by atoms with van der Waals surface area (Å²) in [4.78, 5) is 21.8. The summed E-state index contributed by atoms with van der Waals surface area (Å²) in [6.45, 7) is 3.12. The van der Waals surface area contributed by atoms with Crippen molar-refractivity contribution >= 4 is 50.0 Å². The summed E-state index contributed by atoms with van der Waals surface area (Å²) in [5, 5.41) is 21.4. The van der Waals surface area contributed by atoms with Gasteiger partial charge in [0, 0.05) is 37.3 Å². The van der Waals surface area contributed by atoms with Crippen molar-refractivity contribution in [2.45, 2.75) is 11.4 Å². The van der Waals surface area contributed by atoms with E-state index in [1.165, 1.54) is 0 Å². The fourth-order valence-corrected chi connectivity index (χ4v) is 4.11. The molecule has 4 rings (SSSR count). The van der Waals surface area contributed by atoms with Crippen molar-refractivity contribution in [1.82, 2.24) is 20.2 Å². The number of aromatic amines is 1. The molecule has 0 saturated carbocycles. The number of H-pyrrole nitrogens is 1. The van der Waals surface area contributed by atoms with Crippen LogP contribution in [0.25, 0.3) is 11.0 Å². The molecule has 1 fully saturated rings. The highest BCUT2D eigenvalue weighted by atomic mass is 32.2. The number of fused-ring (bicyclic) bond motifs is 1. The Labute approximate surface area is 183 Å². The molecule has 0 aliphatic carbocycles. The highest BCUT2D eigenvalue weighted by molar-refractivity contribution is 7.90. The normalized spacial score (nSPS) is 14.5. The van der Waals surface area contributed by atoms with Gasteiger partial charge in [0.2, 0.25) is 5.95 Å². The number of rotatable bonds is 8. The van der Waals surface area contributed by atoms with Crippen LogP contribution >= 0.6 is 0 Å². The number of sulfone groups is 1. The Morgan fingerprint density at radius 1 is 1.22 bits per heavy atom. The predicted molar refractivity (Wildman–Crippen MR) is 118 cm³/mol. The minimum Gasteiger partial charge on any atom is -0.481 e. The highest BCUT2D eigenvalue weighted by Gasteiger charge is 2.22. The Morgan fingerprint density at radius 3 is 2.59 bits per heavy atom. The van der Waals surface area contributed by atoms with Crippen LogP contribution in [0.5, 0.6) is 0 Å². The van der Waals surface area contributed by atoms with Crippen molar-refractivity contribution in [3.8, 4) is 0 Å². The van der Waals surface area contributed by atoms with Crippen molar-refractivity contribution in [1.29, 1.82) is 0 Å². The van der Waals surface area contributed by atoms with Gasteiger partial charge in [-0.1, -0.05) is 0 Å². The second-order valence-electron chi connectivity index (χ2n) is 7.26. The molecule has 0 radical (unpaired) electrons. The van der Waals surface area contributed by atoms with Crippen LogP contribution in [0.3, 0.4) is 0 Å². The minimum atomic E-state index is -3.63. The number of aliphatic carboxylic acids is 1. The van der Waals surface area contributed by atoms with E-state index in [9.17, 15) is 13.2 Å². The van der Waals surface area contributed by atoms with Crippen molar-refractivity contribution < 1.29 is 23.1 Å². The number of hydrogen-bond donors (Lipinski definition) is 4. The van der Waals surface area contributed by atoms with Gasteiger partial charge in [0.1, 0.15) is 11.2 Å². The van der Waals surface area contributed by atoms with Crippen molar-refractivity contribution in [2.75, 3.05) is 54.6 Å². The van der Waals surface area contributed by atoms with Gasteiger partial charge in [-0.15, -0.1) is 0 Å². The van der Waals surface area contributed by atoms with Gasteiger partial charge in [0.15, 0.2) is 20.5 Å². The third kappa shape index (κ3) is 4.89. The average Bonchev–Trinajstić information content (AvgIpc) is 3.19. The topological polar surface area (TPSA) is 162 Å². The maximum absolute atomic E-state index is 12.1. The third-order valence-corrected chi connectivity index (χ3v) is 5.92. The van der Waals surface area contributed by atoms with Gasteiger partial charge < -0.3 is 25.4 Å². The van der Waals surface area contributed by atoms with Gasteiger partial charge in [-0.05, 0) is 24.3 Å². The first-order chi connectivity index (χ1) is 15.3. The number of nitrogens with zero attached hydrogens (tertiary/aromatic N) is 4. The molecule has 0 atom stereocenters. The smallest absolute Gasteiger partial charge is 0.305 e. The molecular weight excluding hydrogens is 438 g/mol. The van der Waals surface area contributed by atoms with Crippen molar-refractivity contribution in [2.24, 2.45) is 0 Å². The SMILES string of the molecule is CS(=O)(=O)c1[nH]nc2nc(Nc3ccc(N4CCOCC4)cc3)nc(NCCC(=O)O)c12. The van der Waals surface area contributed by atoms with Gasteiger partial charge in [0.25, 0.3) is 0 Å². The predicted octanol–water partition coefficient (Wildman–Crippen LogP) is 1.22. The number of ether oxygens (including phenoxy) is 1. The Bertz CT molecular complexity index is 1220. The molecule has 0 bridgehead atoms. The number of nitrogens with one attached hydrogen (secondary N) is 3. The quantitative estimate of drug-likeness (QED) is 0.381. The van der Waals surface area contributed by atoms with E-state index in [2.05, 4.69) is 35.7 Å². The molecule has 4 N–H and O–H groups in total. The first kappa shape index (κ1) is 21.8. The zero-order valence-electron chi connectivity index (χ0n) is 17.3. The number of anilines is 4. The molecule has 2 aromatic heterocycles. The lowest BCUT2D eigenvalue weighted by atomic mass is 10.2. The summed E-state index contributed by atoms with van der Waals surface area (Å²) in [7, 11) is -3.63. The molecule has 0 spiro atoms. The summed E-state index contributed by atoms with van der Waals surface area (Å²) in [6.07, 6.45) is 0.881. The standard InChI is InChI=1S/C19H23N7O5S/c1-32(29,30)18-15-16(20-7-6-14(27)28)22-19(23-17(15)24-25-18)21-12-2-4-13(5-3-12)26-8-10-31-11-9-26/h2-5H,6-11H2,1H3,(H,27,28)(H3,20,21,22,23,24,25). The number of carbonyl (C=O) groups is 1. The van der Waals surface area contributed by atoms with Gasteiger partial charge in [0.05, 0.1) is 19.6 Å². The zero-order valence-corrected chi connectivity index (χ0v) is 18.1. The van der Waals surface area contributed by atoms with Gasteiger partial charge in [-0.3, -0.25) is 9.89 Å². The molecule has 12 nitrogen and oxygen atoms in total. The van der Waals surface area contributed by atoms with E-state index in [-0.39, 0.29) is 40.8 Å². The molecule has 3 heterocycles. The van der Waals surface area contributed by atoms with Gasteiger partial charge in [-0.2, -0.15) is 15.1 Å². The third-order valence-electron chi connectivity index (χ3n) is 4.88. The van der Waals surface area contributed by atoms with E-state index < -0.39 is 15.8 Å². The van der Waals surface area contributed by atoms with Crippen LogP contribution < -0.4 is 15.5 Å². The lowest BCUT2D eigenvalue weighted by Crippen LogP contribution is -2.36. The maximum Gasteiger partial charge on any atom is 0.305 e. The van der Waals surface area contributed by atoms with Crippen LogP contribution in [0, 0.1) is 0 Å². The van der Waals surface area contributed by atoms with E-state index in [1.807, 2.05) is 24.3 Å². The molecular formula is C19H23N7O5S. The summed E-state index contributed by atoms with van der Waals surface area (Å²) < 4.78 is 29.6. The molecule has 0 unspecified atom stereocenters. The van der Waals surface area contributed by atoms with Crippen LogP contribution in [0.2, 0.25) is 0 Å². The highest BCUT2D eigenvalue weighted by Crippen LogP contribution is 2.28. The number of morpholine rings is 1. The van der Waals surface area contributed by atoms with Crippen LogP contribution in [0.15, 0.2) is 29.3 Å². The largest absolute Gasteiger partial charge is 0.481 e. The number of hydrogen-bond acceptors (Lipinski definition) is 10. The average molecular weight is 462 g/mol. The van der Waals surface area contributed by atoms with Gasteiger partial charge in [-0.25, -0.2) is 8.42 Å². The first-order valence-electron chi connectivity index (χ1n) is 9.93. The second kappa shape index (κ2) is 8.96. The molecule has 1 aliphatic heterocycles. The van der Waals surface area contributed by atoms with E-state index >= 15 is 0 Å². The zero-order chi connectivity index (χ0) is 22.7. The fourth-order valence-electron chi connectivity index (χ4n) is 3.34. The van der Waals surface area contributed by atoms with E-state index in [0.717, 1.165) is 30.7 Å². The lowest BCUT2D eigenvalue weighted by Gasteiger charge is -2.28. The molecule has 32 heavy (non-hydrogen) atoms. The Kier molecular flexibility index (Phi) is 6.10. The summed E-state index contributed by atoms with van der Waals surface area (Å²) in [5.41, 5.74) is 1.96. The molecule has 0 amide bonds. The number of carboxylic acids is 1. The van der Waals surface area contributed by atoms with Crippen LogP contribution in [0.4, 0.5) is 23.1 Å². The first-order valence-corrected chi connectivity index (χ1v) is 11.8. The molecule has 1 aliphatic rings. The second-order valence-corrected chi connectivity index (χ2v) is 9.21. The summed E-state index contributed by atoms with van der Waals surface area (Å²) in [5.74, 6) is -0.615.